The molecule has 228 valence electrons. The SMILES string of the molecule is CC1(C)c2ccccc2-c2cc(-c3ccc(N(c4ccccc4)c4ccc5cc(-c6ccccc6)c6ccccc6c5c4)nc3)ccc21. The van der Waals surface area contributed by atoms with Crippen LogP contribution in [0.1, 0.15) is 25.0 Å². The van der Waals surface area contributed by atoms with Crippen molar-refractivity contribution in [2.75, 3.05) is 4.90 Å². The Morgan fingerprint density at radius 1 is 0.438 bits per heavy atom. The van der Waals surface area contributed by atoms with Crippen molar-refractivity contribution in [3.05, 3.63) is 181 Å². The normalized spacial score (nSPS) is 13.0. The van der Waals surface area contributed by atoms with E-state index in [0.29, 0.717) is 0 Å². The van der Waals surface area contributed by atoms with Gasteiger partial charge in [-0.3, -0.25) is 4.90 Å². The first-order valence-corrected chi connectivity index (χ1v) is 16.6. The van der Waals surface area contributed by atoms with Crippen LogP contribution in [0.5, 0.6) is 0 Å². The fourth-order valence-corrected chi connectivity index (χ4v) is 7.66. The molecule has 0 fully saturated rings. The fourth-order valence-electron chi connectivity index (χ4n) is 7.66. The van der Waals surface area contributed by atoms with Gasteiger partial charge in [0.15, 0.2) is 0 Å². The van der Waals surface area contributed by atoms with Gasteiger partial charge in [0.1, 0.15) is 5.82 Å². The minimum atomic E-state index is -0.00293. The Hall–Kier alpha value is -5.99. The van der Waals surface area contributed by atoms with Gasteiger partial charge in [-0.15, -0.1) is 0 Å². The van der Waals surface area contributed by atoms with Crippen LogP contribution >= 0.6 is 0 Å². The molecule has 1 aromatic heterocycles. The maximum Gasteiger partial charge on any atom is 0.137 e. The Bertz CT molecular complexity index is 2460. The summed E-state index contributed by atoms with van der Waals surface area (Å²) in [7, 11) is 0. The smallest absolute Gasteiger partial charge is 0.137 e. The maximum absolute atomic E-state index is 5.10. The second-order valence-electron chi connectivity index (χ2n) is 13.2. The Morgan fingerprint density at radius 3 is 1.92 bits per heavy atom. The van der Waals surface area contributed by atoms with E-state index in [0.717, 1.165) is 22.8 Å². The maximum atomic E-state index is 5.10. The molecule has 0 unspecified atom stereocenters. The highest BCUT2D eigenvalue weighted by Gasteiger charge is 2.35. The third-order valence-corrected chi connectivity index (χ3v) is 10.1. The van der Waals surface area contributed by atoms with E-state index in [1.807, 2.05) is 6.20 Å². The number of pyridine rings is 1. The predicted octanol–water partition coefficient (Wildman–Crippen LogP) is 12.5. The van der Waals surface area contributed by atoms with Crippen LogP contribution in [0.15, 0.2) is 170 Å². The van der Waals surface area contributed by atoms with Gasteiger partial charge in [-0.1, -0.05) is 129 Å². The van der Waals surface area contributed by atoms with E-state index >= 15 is 0 Å². The molecule has 0 radical (unpaired) electrons. The lowest BCUT2D eigenvalue weighted by Gasteiger charge is -2.25. The highest BCUT2D eigenvalue weighted by Crippen LogP contribution is 2.49. The summed E-state index contributed by atoms with van der Waals surface area (Å²) in [6, 6.07) is 59.1. The largest absolute Gasteiger partial charge is 0.295 e. The molecule has 9 rings (SSSR count). The molecule has 0 saturated heterocycles. The van der Waals surface area contributed by atoms with Gasteiger partial charge in [-0.05, 0) is 109 Å². The Labute approximate surface area is 281 Å². The molecule has 1 heterocycles. The van der Waals surface area contributed by atoms with Gasteiger partial charge in [0, 0.05) is 28.6 Å². The number of aromatic nitrogens is 1. The lowest BCUT2D eigenvalue weighted by molar-refractivity contribution is 0.660. The molecular weight excluding hydrogens is 581 g/mol. The first-order chi connectivity index (χ1) is 23.6. The van der Waals surface area contributed by atoms with Crippen LogP contribution in [0.3, 0.4) is 0 Å². The topological polar surface area (TPSA) is 16.1 Å². The van der Waals surface area contributed by atoms with Gasteiger partial charge >= 0.3 is 0 Å². The van der Waals surface area contributed by atoms with E-state index in [1.165, 1.54) is 60.5 Å². The molecule has 2 nitrogen and oxygen atoms in total. The van der Waals surface area contributed by atoms with Crippen molar-refractivity contribution in [3.63, 3.8) is 0 Å². The monoisotopic (exact) mass is 614 g/mol. The second-order valence-corrected chi connectivity index (χ2v) is 13.2. The number of anilines is 3. The molecule has 0 amide bonds. The summed E-state index contributed by atoms with van der Waals surface area (Å²) in [5.74, 6) is 0.877. The Balaban J connectivity index is 1.14. The van der Waals surface area contributed by atoms with E-state index in [2.05, 4.69) is 183 Å². The number of hydrogen-bond donors (Lipinski definition) is 0. The van der Waals surface area contributed by atoms with Crippen molar-refractivity contribution in [2.24, 2.45) is 0 Å². The van der Waals surface area contributed by atoms with Crippen LogP contribution in [0.4, 0.5) is 17.2 Å². The van der Waals surface area contributed by atoms with Crippen molar-refractivity contribution in [3.8, 4) is 33.4 Å². The van der Waals surface area contributed by atoms with Gasteiger partial charge in [-0.25, -0.2) is 4.98 Å². The van der Waals surface area contributed by atoms with Crippen LogP contribution in [0, 0.1) is 0 Å². The van der Waals surface area contributed by atoms with E-state index < -0.39 is 0 Å². The summed E-state index contributed by atoms with van der Waals surface area (Å²) >= 11 is 0. The minimum Gasteiger partial charge on any atom is -0.295 e. The molecular formula is C46H34N2. The minimum absolute atomic E-state index is 0.00293. The van der Waals surface area contributed by atoms with Crippen molar-refractivity contribution in [1.82, 2.24) is 4.98 Å². The zero-order chi connectivity index (χ0) is 32.2. The fraction of sp³-hybridized carbons (Fsp3) is 0.0652. The van der Waals surface area contributed by atoms with Crippen LogP contribution < -0.4 is 4.90 Å². The summed E-state index contributed by atoms with van der Waals surface area (Å²) in [5.41, 5.74) is 12.3. The number of para-hydroxylation sites is 1. The number of rotatable bonds is 5. The zero-order valence-corrected chi connectivity index (χ0v) is 27.1. The third kappa shape index (κ3) is 4.52. The van der Waals surface area contributed by atoms with Crippen molar-refractivity contribution in [2.45, 2.75) is 19.3 Å². The molecule has 0 spiro atoms. The lowest BCUT2D eigenvalue weighted by Crippen LogP contribution is -2.14. The summed E-state index contributed by atoms with van der Waals surface area (Å²) < 4.78 is 0. The van der Waals surface area contributed by atoms with E-state index in [4.69, 9.17) is 4.98 Å². The number of fused-ring (bicyclic) bond motifs is 6. The molecule has 48 heavy (non-hydrogen) atoms. The van der Waals surface area contributed by atoms with Crippen molar-refractivity contribution >= 4 is 38.7 Å². The highest BCUT2D eigenvalue weighted by molar-refractivity contribution is 6.14. The number of benzene rings is 7. The molecule has 0 bridgehead atoms. The summed E-state index contributed by atoms with van der Waals surface area (Å²) in [4.78, 5) is 7.35. The molecule has 2 heteroatoms. The Kier molecular flexibility index (Phi) is 6.51. The van der Waals surface area contributed by atoms with Gasteiger partial charge in [0.05, 0.1) is 0 Å². The first kappa shape index (κ1) is 28.3. The third-order valence-electron chi connectivity index (χ3n) is 10.1. The van der Waals surface area contributed by atoms with Crippen molar-refractivity contribution in [1.29, 1.82) is 0 Å². The number of hydrogen-bond acceptors (Lipinski definition) is 2. The van der Waals surface area contributed by atoms with Gasteiger partial charge < -0.3 is 0 Å². The van der Waals surface area contributed by atoms with Crippen LogP contribution in [-0.2, 0) is 5.41 Å². The summed E-state index contributed by atoms with van der Waals surface area (Å²) in [6.45, 7) is 4.65. The van der Waals surface area contributed by atoms with E-state index in [-0.39, 0.29) is 5.41 Å². The molecule has 0 saturated carbocycles. The van der Waals surface area contributed by atoms with Crippen LogP contribution in [0.25, 0.3) is 54.9 Å². The van der Waals surface area contributed by atoms with Gasteiger partial charge in [0.2, 0.25) is 0 Å². The second kappa shape index (κ2) is 11.1. The molecule has 1 aliphatic carbocycles. The standard InChI is InChI=1S/C46H34N2/c1-46(2)43-20-12-11-19-39(43)42-27-32(22-25-44(42)46)34-23-26-45(47-30-34)48(35-15-7-4-8-16-35)36-24-21-33-28-40(31-13-5-3-6-14-31)37-17-9-10-18-38(37)41(33)29-36/h3-30H,1-2H3. The first-order valence-electron chi connectivity index (χ1n) is 16.6. The van der Waals surface area contributed by atoms with Crippen LogP contribution in [-0.4, -0.2) is 4.98 Å². The lowest BCUT2D eigenvalue weighted by atomic mass is 9.82. The average Bonchev–Trinajstić information content (AvgIpc) is 3.38. The Morgan fingerprint density at radius 2 is 1.12 bits per heavy atom. The molecule has 8 aromatic rings. The number of nitrogens with zero attached hydrogens (tertiary/aromatic N) is 2. The molecule has 1 aliphatic rings. The molecule has 0 aliphatic heterocycles. The van der Waals surface area contributed by atoms with E-state index in [9.17, 15) is 0 Å². The summed E-state index contributed by atoms with van der Waals surface area (Å²) in [5, 5.41) is 4.94. The summed E-state index contributed by atoms with van der Waals surface area (Å²) in [6.07, 6.45) is 2.02. The van der Waals surface area contributed by atoms with Crippen molar-refractivity contribution < 1.29 is 0 Å². The van der Waals surface area contributed by atoms with Gasteiger partial charge in [-0.2, -0.15) is 0 Å². The quantitative estimate of drug-likeness (QED) is 0.179. The van der Waals surface area contributed by atoms with Crippen LogP contribution in [0.2, 0.25) is 0 Å². The average molecular weight is 615 g/mol. The predicted molar refractivity (Wildman–Crippen MR) is 202 cm³/mol. The van der Waals surface area contributed by atoms with Gasteiger partial charge in [0.25, 0.3) is 0 Å². The highest BCUT2D eigenvalue weighted by atomic mass is 15.2. The zero-order valence-electron chi connectivity index (χ0n) is 27.1. The molecule has 0 N–H and O–H groups in total. The molecule has 7 aromatic carbocycles. The molecule has 0 atom stereocenters. The van der Waals surface area contributed by atoms with E-state index in [1.54, 1.807) is 0 Å².